The van der Waals surface area contributed by atoms with Gasteiger partial charge in [-0.2, -0.15) is 0 Å². The van der Waals surface area contributed by atoms with Gasteiger partial charge in [0, 0.05) is 31.8 Å². The van der Waals surface area contributed by atoms with Gasteiger partial charge in [-0.3, -0.25) is 19.3 Å². The molecule has 1 atom stereocenters. The van der Waals surface area contributed by atoms with Crippen molar-refractivity contribution in [3.8, 4) is 0 Å². The average molecular weight is 387 g/mol. The van der Waals surface area contributed by atoms with E-state index in [1.165, 1.54) is 19.2 Å². The molecule has 0 unspecified atom stereocenters. The van der Waals surface area contributed by atoms with Crippen LogP contribution < -0.4 is 0 Å². The van der Waals surface area contributed by atoms with Crippen LogP contribution in [0.5, 0.6) is 0 Å². The molecule has 3 rings (SSSR count). The summed E-state index contributed by atoms with van der Waals surface area (Å²) in [6.07, 6.45) is 0. The van der Waals surface area contributed by atoms with Gasteiger partial charge in [-0.05, 0) is 35.9 Å². The zero-order chi connectivity index (χ0) is 19.7. The Hall–Kier alpha value is -2.70. The number of amides is 3. The topological polar surface area (TPSA) is 66.9 Å². The zero-order valence-electron chi connectivity index (χ0n) is 15.2. The Bertz CT molecular complexity index is 911. The van der Waals surface area contributed by atoms with Crippen molar-refractivity contribution in [2.75, 3.05) is 27.8 Å². The fourth-order valence-electron chi connectivity index (χ4n) is 3.11. The lowest BCUT2D eigenvalue weighted by molar-refractivity contribution is 0.0602. The Labute approximate surface area is 162 Å². The normalized spacial score (nSPS) is 14.3. The van der Waals surface area contributed by atoms with Crippen LogP contribution in [0.3, 0.4) is 0 Å². The van der Waals surface area contributed by atoms with Gasteiger partial charge >= 0.3 is 0 Å². The lowest BCUT2D eigenvalue weighted by Gasteiger charge is -2.28. The van der Waals surface area contributed by atoms with Crippen LogP contribution in [0.2, 0.25) is 5.02 Å². The summed E-state index contributed by atoms with van der Waals surface area (Å²) >= 11 is 5.95. The van der Waals surface area contributed by atoms with Crippen LogP contribution in [0.4, 0.5) is 0 Å². The number of halogens is 1. The Morgan fingerprint density at radius 3 is 2.37 bits per heavy atom. The molecule has 2 aromatic carbocycles. The number of imide groups is 1. The molecule has 3 amide bonds. The van der Waals surface area contributed by atoms with Gasteiger partial charge in [0.2, 0.25) is 0 Å². The monoisotopic (exact) mass is 386 g/mol. The number of hydrogen-bond acceptors (Lipinski definition) is 4. The summed E-state index contributed by atoms with van der Waals surface area (Å²) in [4.78, 5) is 39.8. The molecular weight excluding hydrogens is 368 g/mol. The molecule has 0 spiro atoms. The molecule has 140 valence electrons. The number of hydrogen-bond donors (Lipinski definition) is 0. The smallest absolute Gasteiger partial charge is 0.261 e. The molecule has 27 heavy (non-hydrogen) atoms. The van der Waals surface area contributed by atoms with Crippen molar-refractivity contribution < 1.29 is 19.1 Å². The lowest BCUT2D eigenvalue weighted by atomic mass is 10.0. The van der Waals surface area contributed by atoms with E-state index in [1.54, 1.807) is 37.3 Å². The number of carbonyl (C=O) groups excluding carboxylic acids is 3. The predicted molar refractivity (Wildman–Crippen MR) is 101 cm³/mol. The van der Waals surface area contributed by atoms with Crippen LogP contribution in [0, 0.1) is 0 Å². The highest BCUT2D eigenvalue weighted by atomic mass is 35.5. The highest BCUT2D eigenvalue weighted by molar-refractivity contribution is 6.30. The second-order valence-electron chi connectivity index (χ2n) is 6.37. The highest BCUT2D eigenvalue weighted by Crippen LogP contribution is 2.26. The van der Waals surface area contributed by atoms with E-state index in [0.717, 1.165) is 10.5 Å². The van der Waals surface area contributed by atoms with Gasteiger partial charge in [0.05, 0.1) is 23.8 Å². The maximum absolute atomic E-state index is 13.0. The summed E-state index contributed by atoms with van der Waals surface area (Å²) < 4.78 is 5.28. The number of likely N-dealkylation sites (N-methyl/N-ethyl adjacent to an activating group) is 1. The van der Waals surface area contributed by atoms with Gasteiger partial charge in [-0.1, -0.05) is 23.7 Å². The summed E-state index contributed by atoms with van der Waals surface area (Å²) in [5.74, 6) is -1.04. The fraction of sp³-hybridized carbons (Fsp3) is 0.250. The van der Waals surface area contributed by atoms with E-state index in [4.69, 9.17) is 16.3 Å². The van der Waals surface area contributed by atoms with Crippen LogP contribution in [-0.2, 0) is 4.74 Å². The molecule has 1 aliphatic rings. The molecule has 6 nitrogen and oxygen atoms in total. The third-order valence-corrected chi connectivity index (χ3v) is 4.96. The summed E-state index contributed by atoms with van der Waals surface area (Å²) in [5, 5.41) is 0.606. The van der Waals surface area contributed by atoms with Crippen LogP contribution in [0.1, 0.15) is 42.7 Å². The molecule has 1 aliphatic heterocycles. The van der Waals surface area contributed by atoms with Crippen molar-refractivity contribution in [2.24, 2.45) is 0 Å². The van der Waals surface area contributed by atoms with Gasteiger partial charge in [-0.15, -0.1) is 0 Å². The third kappa shape index (κ3) is 3.46. The Kier molecular flexibility index (Phi) is 5.30. The van der Waals surface area contributed by atoms with Gasteiger partial charge < -0.3 is 9.64 Å². The first-order valence-electron chi connectivity index (χ1n) is 8.33. The molecule has 0 aromatic heterocycles. The second kappa shape index (κ2) is 7.50. The molecule has 0 radical (unpaired) electrons. The van der Waals surface area contributed by atoms with E-state index in [1.807, 2.05) is 12.1 Å². The van der Waals surface area contributed by atoms with Crippen molar-refractivity contribution in [2.45, 2.75) is 6.04 Å². The quantitative estimate of drug-likeness (QED) is 0.741. The molecular formula is C20H19ClN2O4. The molecule has 0 saturated carbocycles. The largest absolute Gasteiger partial charge is 0.382 e. The van der Waals surface area contributed by atoms with E-state index in [-0.39, 0.29) is 23.4 Å². The summed E-state index contributed by atoms with van der Waals surface area (Å²) in [6.45, 7) is 0.301. The number of methoxy groups -OCH3 is 1. The molecule has 2 aromatic rings. The van der Waals surface area contributed by atoms with Gasteiger partial charge in [0.1, 0.15) is 0 Å². The maximum Gasteiger partial charge on any atom is 0.261 e. The van der Waals surface area contributed by atoms with Crippen molar-refractivity contribution >= 4 is 29.3 Å². The van der Waals surface area contributed by atoms with E-state index in [9.17, 15) is 14.4 Å². The predicted octanol–water partition coefficient (Wildman–Crippen LogP) is 3.03. The van der Waals surface area contributed by atoms with Crippen molar-refractivity contribution in [3.63, 3.8) is 0 Å². The second-order valence-corrected chi connectivity index (χ2v) is 6.80. The minimum Gasteiger partial charge on any atom is -0.382 e. The summed E-state index contributed by atoms with van der Waals surface area (Å²) in [5.41, 5.74) is 1.77. The van der Waals surface area contributed by atoms with Crippen molar-refractivity contribution in [3.05, 3.63) is 69.7 Å². The Morgan fingerprint density at radius 2 is 1.74 bits per heavy atom. The van der Waals surface area contributed by atoms with Crippen LogP contribution in [0.25, 0.3) is 0 Å². The molecule has 0 bridgehead atoms. The molecule has 0 aliphatic carbocycles. The fourth-order valence-corrected chi connectivity index (χ4v) is 3.24. The molecule has 7 heteroatoms. The molecule has 0 fully saturated rings. The number of carbonyl (C=O) groups is 3. The zero-order valence-corrected chi connectivity index (χ0v) is 16.0. The number of ether oxygens (including phenoxy) is 1. The molecule has 1 heterocycles. The number of benzene rings is 2. The van der Waals surface area contributed by atoms with Crippen LogP contribution >= 0.6 is 11.6 Å². The summed E-state index contributed by atoms with van der Waals surface area (Å²) in [6, 6.07) is 11.4. The van der Waals surface area contributed by atoms with Crippen molar-refractivity contribution in [1.82, 2.24) is 9.80 Å². The minimum absolute atomic E-state index is 0.247. The minimum atomic E-state index is -0.404. The Morgan fingerprint density at radius 1 is 1.11 bits per heavy atom. The average Bonchev–Trinajstić information content (AvgIpc) is 2.89. The number of fused-ring (bicyclic) bond motifs is 1. The summed E-state index contributed by atoms with van der Waals surface area (Å²) in [7, 11) is 4.66. The van der Waals surface area contributed by atoms with E-state index in [2.05, 4.69) is 0 Å². The Balaban J connectivity index is 1.91. The maximum atomic E-state index is 13.0. The lowest BCUT2D eigenvalue weighted by Crippen LogP contribution is -2.33. The number of rotatable bonds is 5. The van der Waals surface area contributed by atoms with Gasteiger partial charge in [0.15, 0.2) is 0 Å². The van der Waals surface area contributed by atoms with Crippen molar-refractivity contribution in [1.29, 1.82) is 0 Å². The first kappa shape index (κ1) is 19.1. The van der Waals surface area contributed by atoms with Gasteiger partial charge in [0.25, 0.3) is 17.7 Å². The van der Waals surface area contributed by atoms with E-state index < -0.39 is 5.91 Å². The third-order valence-electron chi connectivity index (χ3n) is 4.70. The van der Waals surface area contributed by atoms with E-state index >= 15 is 0 Å². The molecule has 0 saturated heterocycles. The number of nitrogens with zero attached hydrogens (tertiary/aromatic N) is 2. The SMILES string of the molecule is COC[C@H](c1ccc(Cl)cc1)N(C)C(=O)c1ccc2c(c1)C(=O)N(C)C2=O. The molecule has 0 N–H and O–H groups in total. The first-order valence-corrected chi connectivity index (χ1v) is 8.71. The first-order chi connectivity index (χ1) is 12.8. The standard InChI is InChI=1S/C20H19ClN2O4/c1-22(17(11-27-3)12-4-7-14(21)8-5-12)18(24)13-6-9-15-16(10-13)20(26)23(2)19(15)25/h4-10,17H,11H2,1-3H3/t17-/m1/s1. The highest BCUT2D eigenvalue weighted by Gasteiger charge is 2.34. The van der Waals surface area contributed by atoms with Crippen LogP contribution in [-0.4, -0.2) is 55.3 Å². The van der Waals surface area contributed by atoms with Crippen LogP contribution in [0.15, 0.2) is 42.5 Å². The van der Waals surface area contributed by atoms with Gasteiger partial charge in [-0.25, -0.2) is 0 Å². The van der Waals surface area contributed by atoms with E-state index in [0.29, 0.717) is 22.8 Å².